The Bertz CT molecular complexity index is 651. The number of aliphatic imine (C=N–C) groups is 1. The van der Waals surface area contributed by atoms with Crippen LogP contribution < -0.4 is 5.32 Å². The number of nitrogens with zero attached hydrogens (tertiary/aromatic N) is 3. The Kier molecular flexibility index (Phi) is 5.83. The molecule has 0 atom stereocenters. The Morgan fingerprint density at radius 3 is 2.50 bits per heavy atom. The molecule has 0 aliphatic heterocycles. The van der Waals surface area contributed by atoms with E-state index < -0.39 is 11.7 Å². The zero-order chi connectivity index (χ0) is 17.6. The van der Waals surface area contributed by atoms with Gasteiger partial charge in [0.25, 0.3) is 0 Å². The second kappa shape index (κ2) is 7.85. The fraction of sp³-hybridized carbons (Fsp3) is 0.375. The summed E-state index contributed by atoms with van der Waals surface area (Å²) in [5.74, 6) is 0.639. The first-order valence-corrected chi connectivity index (χ1v) is 7.45. The van der Waals surface area contributed by atoms with Crippen LogP contribution in [0.4, 0.5) is 13.2 Å². The summed E-state index contributed by atoms with van der Waals surface area (Å²) < 4.78 is 42.5. The van der Waals surface area contributed by atoms with E-state index in [9.17, 15) is 13.2 Å². The Balaban J connectivity index is 2.04. The topological polar surface area (TPSA) is 53.7 Å². The Morgan fingerprint density at radius 2 is 1.96 bits per heavy atom. The van der Waals surface area contributed by atoms with E-state index in [0.29, 0.717) is 31.3 Å². The molecule has 0 saturated carbocycles. The summed E-state index contributed by atoms with van der Waals surface area (Å²) in [6, 6.07) is 6.84. The average molecular weight is 340 g/mol. The van der Waals surface area contributed by atoms with Gasteiger partial charge in [0.1, 0.15) is 12.0 Å². The van der Waals surface area contributed by atoms with Crippen LogP contribution in [0.2, 0.25) is 0 Å². The first-order chi connectivity index (χ1) is 11.4. The number of aromatic nitrogens is 1. The summed E-state index contributed by atoms with van der Waals surface area (Å²) in [7, 11) is 1.82. The lowest BCUT2D eigenvalue weighted by Gasteiger charge is -2.22. The van der Waals surface area contributed by atoms with Crippen LogP contribution in [0.5, 0.6) is 0 Å². The third-order valence-electron chi connectivity index (χ3n) is 3.28. The number of rotatable bonds is 5. The van der Waals surface area contributed by atoms with Gasteiger partial charge in [0.15, 0.2) is 5.96 Å². The minimum atomic E-state index is -4.32. The van der Waals surface area contributed by atoms with Crippen molar-refractivity contribution in [3.05, 3.63) is 53.4 Å². The minimum absolute atomic E-state index is 0.357. The number of hydrogen-bond donors (Lipinski definition) is 1. The monoisotopic (exact) mass is 340 g/mol. The quantitative estimate of drug-likeness (QED) is 0.670. The van der Waals surface area contributed by atoms with Gasteiger partial charge in [-0.2, -0.15) is 13.2 Å². The van der Waals surface area contributed by atoms with Crippen LogP contribution in [0.25, 0.3) is 0 Å². The summed E-state index contributed by atoms with van der Waals surface area (Å²) in [6.45, 7) is 3.41. The molecule has 1 heterocycles. The molecule has 0 aliphatic carbocycles. The largest absolute Gasteiger partial charge is 0.416 e. The molecular weight excluding hydrogens is 321 g/mol. The van der Waals surface area contributed by atoms with E-state index in [-0.39, 0.29) is 0 Å². The Morgan fingerprint density at radius 1 is 1.25 bits per heavy atom. The van der Waals surface area contributed by atoms with E-state index in [1.807, 2.05) is 18.9 Å². The highest BCUT2D eigenvalue weighted by Gasteiger charge is 2.29. The molecule has 0 bridgehead atoms. The first-order valence-electron chi connectivity index (χ1n) is 7.45. The van der Waals surface area contributed by atoms with Crippen molar-refractivity contribution in [3.63, 3.8) is 0 Å². The van der Waals surface area contributed by atoms with Gasteiger partial charge in [-0.3, -0.25) is 0 Å². The number of alkyl halides is 3. The molecule has 2 aromatic rings. The van der Waals surface area contributed by atoms with Gasteiger partial charge in [0, 0.05) is 26.2 Å². The second-order valence-electron chi connectivity index (χ2n) is 5.21. The maximum atomic E-state index is 12.6. The molecule has 0 radical (unpaired) electrons. The normalized spacial score (nSPS) is 12.3. The van der Waals surface area contributed by atoms with Crippen molar-refractivity contribution in [1.82, 2.24) is 15.4 Å². The molecule has 8 heteroatoms. The molecule has 5 nitrogen and oxygen atoms in total. The molecule has 0 fully saturated rings. The van der Waals surface area contributed by atoms with E-state index in [0.717, 1.165) is 17.7 Å². The lowest BCUT2D eigenvalue weighted by Crippen LogP contribution is -2.38. The average Bonchev–Trinajstić information content (AvgIpc) is 3.04. The van der Waals surface area contributed by atoms with Crippen molar-refractivity contribution < 1.29 is 17.7 Å². The van der Waals surface area contributed by atoms with Crippen LogP contribution in [-0.4, -0.2) is 29.6 Å². The zero-order valence-corrected chi connectivity index (χ0v) is 13.5. The molecule has 0 unspecified atom stereocenters. The van der Waals surface area contributed by atoms with Gasteiger partial charge in [-0.15, -0.1) is 0 Å². The van der Waals surface area contributed by atoms with Crippen LogP contribution in [0.15, 0.2) is 46.1 Å². The second-order valence-corrected chi connectivity index (χ2v) is 5.21. The molecule has 0 saturated heterocycles. The molecule has 0 aliphatic rings. The van der Waals surface area contributed by atoms with Gasteiger partial charge < -0.3 is 14.7 Å². The minimum Gasteiger partial charge on any atom is -0.364 e. The molecule has 2 rings (SSSR count). The predicted octanol–water partition coefficient (Wildman–Crippen LogP) is 3.29. The van der Waals surface area contributed by atoms with E-state index in [1.165, 1.54) is 18.4 Å². The standard InChI is InChI=1S/C16H19F3N4O/c1-3-20-15(21-10-14-8-9-24-22-14)23(2)11-12-4-6-13(7-5-12)16(17,18)19/h4-9H,3,10-11H2,1-2H3,(H,20,21). The SMILES string of the molecule is CCNC(=NCc1ccon1)N(C)Cc1ccc(C(F)(F)F)cc1. The zero-order valence-electron chi connectivity index (χ0n) is 13.5. The van der Waals surface area contributed by atoms with Crippen molar-refractivity contribution in [2.45, 2.75) is 26.2 Å². The fourth-order valence-electron chi connectivity index (χ4n) is 2.09. The van der Waals surface area contributed by atoms with E-state index in [2.05, 4.69) is 15.5 Å². The summed E-state index contributed by atoms with van der Waals surface area (Å²) in [5.41, 5.74) is 0.811. The predicted molar refractivity (Wildman–Crippen MR) is 84.2 cm³/mol. The number of halogens is 3. The number of guanidine groups is 1. The Hall–Kier alpha value is -2.51. The highest BCUT2D eigenvalue weighted by atomic mass is 19.4. The van der Waals surface area contributed by atoms with Gasteiger partial charge >= 0.3 is 6.18 Å². The highest BCUT2D eigenvalue weighted by molar-refractivity contribution is 5.79. The molecule has 0 spiro atoms. The van der Waals surface area contributed by atoms with Crippen molar-refractivity contribution in [2.24, 2.45) is 4.99 Å². The van der Waals surface area contributed by atoms with E-state index >= 15 is 0 Å². The van der Waals surface area contributed by atoms with E-state index in [1.54, 1.807) is 6.07 Å². The van der Waals surface area contributed by atoms with Crippen LogP contribution in [0.1, 0.15) is 23.7 Å². The van der Waals surface area contributed by atoms with Crippen molar-refractivity contribution in [3.8, 4) is 0 Å². The van der Waals surface area contributed by atoms with Gasteiger partial charge in [-0.05, 0) is 24.6 Å². The van der Waals surface area contributed by atoms with Gasteiger partial charge in [0.2, 0.25) is 0 Å². The summed E-state index contributed by atoms with van der Waals surface area (Å²) in [5, 5.41) is 6.93. The van der Waals surface area contributed by atoms with Crippen LogP contribution >= 0.6 is 0 Å². The van der Waals surface area contributed by atoms with Crippen molar-refractivity contribution in [1.29, 1.82) is 0 Å². The molecule has 1 N–H and O–H groups in total. The summed E-state index contributed by atoms with van der Waals surface area (Å²) in [6.07, 6.45) is -2.85. The van der Waals surface area contributed by atoms with Crippen LogP contribution in [0.3, 0.4) is 0 Å². The van der Waals surface area contributed by atoms with Gasteiger partial charge in [0.05, 0.1) is 12.1 Å². The lowest BCUT2D eigenvalue weighted by atomic mass is 10.1. The van der Waals surface area contributed by atoms with Gasteiger partial charge in [-0.1, -0.05) is 17.3 Å². The summed E-state index contributed by atoms with van der Waals surface area (Å²) in [4.78, 5) is 6.28. The third-order valence-corrected chi connectivity index (χ3v) is 3.28. The number of nitrogens with one attached hydrogen (secondary N) is 1. The van der Waals surface area contributed by atoms with Crippen molar-refractivity contribution in [2.75, 3.05) is 13.6 Å². The van der Waals surface area contributed by atoms with Gasteiger partial charge in [-0.25, -0.2) is 4.99 Å². The van der Waals surface area contributed by atoms with Crippen LogP contribution in [-0.2, 0) is 19.3 Å². The molecule has 1 aromatic carbocycles. The maximum Gasteiger partial charge on any atom is 0.416 e. The molecule has 130 valence electrons. The fourth-order valence-corrected chi connectivity index (χ4v) is 2.09. The molecule has 0 amide bonds. The summed E-state index contributed by atoms with van der Waals surface area (Å²) >= 11 is 0. The Labute approximate surface area is 138 Å². The first kappa shape index (κ1) is 17.8. The van der Waals surface area contributed by atoms with Crippen LogP contribution in [0, 0.1) is 0 Å². The van der Waals surface area contributed by atoms with E-state index in [4.69, 9.17) is 4.52 Å². The number of benzene rings is 1. The molecule has 24 heavy (non-hydrogen) atoms. The maximum absolute atomic E-state index is 12.6. The number of hydrogen-bond acceptors (Lipinski definition) is 3. The molecular formula is C16H19F3N4O. The highest BCUT2D eigenvalue weighted by Crippen LogP contribution is 2.29. The molecule has 1 aromatic heterocycles. The smallest absolute Gasteiger partial charge is 0.364 e. The lowest BCUT2D eigenvalue weighted by molar-refractivity contribution is -0.137. The van der Waals surface area contributed by atoms with Crippen molar-refractivity contribution >= 4 is 5.96 Å². The third kappa shape index (κ3) is 5.00.